The largest absolute Gasteiger partial charge is 0.339 e. The first kappa shape index (κ1) is 18.4. The molecule has 3 heterocycles. The zero-order valence-corrected chi connectivity index (χ0v) is 16.0. The Kier molecular flexibility index (Phi) is 5.04. The van der Waals surface area contributed by atoms with Gasteiger partial charge in [0.05, 0.1) is 18.2 Å². The van der Waals surface area contributed by atoms with Crippen LogP contribution in [0.4, 0.5) is 0 Å². The van der Waals surface area contributed by atoms with Gasteiger partial charge in [0.15, 0.2) is 0 Å². The SMILES string of the molecule is CN(CCC#N)C(=O)c1cccc(-c2cnc3[nH]c(-c4ccccc4)cc3c2)n1. The van der Waals surface area contributed by atoms with E-state index in [4.69, 9.17) is 5.26 Å². The predicted molar refractivity (Wildman–Crippen MR) is 112 cm³/mol. The average molecular weight is 381 g/mol. The molecule has 0 saturated heterocycles. The molecule has 0 atom stereocenters. The van der Waals surface area contributed by atoms with E-state index < -0.39 is 0 Å². The van der Waals surface area contributed by atoms with Crippen molar-refractivity contribution in [3.05, 3.63) is 72.6 Å². The summed E-state index contributed by atoms with van der Waals surface area (Å²) < 4.78 is 0. The molecule has 4 aromatic rings. The fraction of sp³-hybridized carbons (Fsp3) is 0.130. The molecule has 0 aliphatic carbocycles. The van der Waals surface area contributed by atoms with E-state index in [1.54, 1.807) is 19.3 Å². The van der Waals surface area contributed by atoms with Crippen LogP contribution in [0.3, 0.4) is 0 Å². The van der Waals surface area contributed by atoms with Crippen LogP contribution in [0.1, 0.15) is 16.9 Å². The highest BCUT2D eigenvalue weighted by atomic mass is 16.2. The van der Waals surface area contributed by atoms with Gasteiger partial charge in [-0.25, -0.2) is 9.97 Å². The Morgan fingerprint density at radius 2 is 1.93 bits per heavy atom. The molecule has 3 aromatic heterocycles. The van der Waals surface area contributed by atoms with Crippen molar-refractivity contribution in [3.8, 4) is 28.6 Å². The van der Waals surface area contributed by atoms with E-state index >= 15 is 0 Å². The van der Waals surface area contributed by atoms with Crippen LogP contribution in [0.25, 0.3) is 33.5 Å². The minimum atomic E-state index is -0.204. The zero-order valence-electron chi connectivity index (χ0n) is 16.0. The maximum absolute atomic E-state index is 12.5. The number of carbonyl (C=O) groups excluding carboxylic acids is 1. The lowest BCUT2D eigenvalue weighted by atomic mass is 10.1. The summed E-state index contributed by atoms with van der Waals surface area (Å²) >= 11 is 0. The minimum absolute atomic E-state index is 0.204. The number of hydrogen-bond donors (Lipinski definition) is 1. The van der Waals surface area contributed by atoms with Gasteiger partial charge in [0.2, 0.25) is 0 Å². The lowest BCUT2D eigenvalue weighted by molar-refractivity contribution is 0.0792. The van der Waals surface area contributed by atoms with Crippen molar-refractivity contribution in [2.24, 2.45) is 0 Å². The molecule has 0 spiro atoms. The average Bonchev–Trinajstić information content (AvgIpc) is 3.21. The van der Waals surface area contributed by atoms with Crippen molar-refractivity contribution in [1.29, 1.82) is 5.26 Å². The Bertz CT molecular complexity index is 1210. The molecule has 0 aliphatic heterocycles. The standard InChI is InChI=1S/C23H19N5O/c1-28(12-6-11-24)23(29)20-10-5-9-19(26-20)18-13-17-14-21(27-22(17)25-15-18)16-7-3-2-4-8-16/h2-5,7-10,13-15H,6,12H2,1H3,(H,25,27). The Morgan fingerprint density at radius 3 is 2.72 bits per heavy atom. The third-order valence-electron chi connectivity index (χ3n) is 4.72. The lowest BCUT2D eigenvalue weighted by Crippen LogP contribution is -2.28. The first-order valence-electron chi connectivity index (χ1n) is 9.30. The number of benzene rings is 1. The maximum atomic E-state index is 12.5. The molecule has 0 unspecified atom stereocenters. The number of hydrogen-bond acceptors (Lipinski definition) is 4. The summed E-state index contributed by atoms with van der Waals surface area (Å²) in [6.45, 7) is 0.375. The summed E-state index contributed by atoms with van der Waals surface area (Å²) in [6.07, 6.45) is 2.04. The Balaban J connectivity index is 1.65. The van der Waals surface area contributed by atoms with E-state index in [-0.39, 0.29) is 5.91 Å². The molecule has 6 heteroatoms. The summed E-state index contributed by atoms with van der Waals surface area (Å²) in [4.78, 5) is 26.4. The molecular weight excluding hydrogens is 362 g/mol. The van der Waals surface area contributed by atoms with Crippen LogP contribution in [-0.2, 0) is 0 Å². The van der Waals surface area contributed by atoms with E-state index in [1.807, 2.05) is 54.6 Å². The number of aromatic nitrogens is 3. The molecule has 0 saturated carbocycles. The third kappa shape index (κ3) is 3.85. The van der Waals surface area contributed by atoms with Crippen molar-refractivity contribution in [2.75, 3.05) is 13.6 Å². The molecule has 29 heavy (non-hydrogen) atoms. The highest BCUT2D eigenvalue weighted by Gasteiger charge is 2.14. The van der Waals surface area contributed by atoms with E-state index in [9.17, 15) is 4.79 Å². The monoisotopic (exact) mass is 381 g/mol. The van der Waals surface area contributed by atoms with Crippen LogP contribution in [0.2, 0.25) is 0 Å². The summed E-state index contributed by atoms with van der Waals surface area (Å²) in [5.74, 6) is -0.204. The predicted octanol–water partition coefficient (Wildman–Crippen LogP) is 4.28. The van der Waals surface area contributed by atoms with Crippen molar-refractivity contribution in [3.63, 3.8) is 0 Å². The zero-order chi connectivity index (χ0) is 20.2. The normalized spacial score (nSPS) is 10.6. The van der Waals surface area contributed by atoms with Gasteiger partial charge in [0, 0.05) is 36.4 Å². The second kappa shape index (κ2) is 7.95. The second-order valence-corrected chi connectivity index (χ2v) is 6.75. The van der Waals surface area contributed by atoms with Gasteiger partial charge in [0.25, 0.3) is 5.91 Å². The number of pyridine rings is 2. The van der Waals surface area contributed by atoms with Crippen molar-refractivity contribution < 1.29 is 4.79 Å². The number of nitriles is 1. The molecule has 1 aromatic carbocycles. The fourth-order valence-electron chi connectivity index (χ4n) is 3.16. The fourth-order valence-corrected chi connectivity index (χ4v) is 3.16. The number of rotatable bonds is 5. The van der Waals surface area contributed by atoms with Crippen LogP contribution in [0, 0.1) is 11.3 Å². The Labute approximate surface area is 168 Å². The summed E-state index contributed by atoms with van der Waals surface area (Å²) in [6, 6.07) is 21.6. The van der Waals surface area contributed by atoms with E-state index in [0.717, 1.165) is 27.9 Å². The molecule has 1 N–H and O–H groups in total. The summed E-state index contributed by atoms with van der Waals surface area (Å²) in [5, 5.41) is 9.69. The molecule has 4 rings (SSSR count). The summed E-state index contributed by atoms with van der Waals surface area (Å²) in [7, 11) is 1.67. The molecule has 0 fully saturated rings. The number of fused-ring (bicyclic) bond motifs is 1. The molecular formula is C23H19N5O. The van der Waals surface area contributed by atoms with Crippen molar-refractivity contribution in [2.45, 2.75) is 6.42 Å². The molecule has 142 valence electrons. The molecule has 0 aliphatic rings. The van der Waals surface area contributed by atoms with E-state index in [0.29, 0.717) is 24.4 Å². The number of nitrogens with zero attached hydrogens (tertiary/aromatic N) is 4. The Morgan fingerprint density at radius 1 is 1.10 bits per heavy atom. The third-order valence-corrected chi connectivity index (χ3v) is 4.72. The van der Waals surface area contributed by atoms with Gasteiger partial charge < -0.3 is 9.88 Å². The topological polar surface area (TPSA) is 85.7 Å². The van der Waals surface area contributed by atoms with Crippen molar-refractivity contribution >= 4 is 16.9 Å². The number of H-pyrrole nitrogens is 1. The van der Waals surface area contributed by atoms with Crippen LogP contribution in [-0.4, -0.2) is 39.4 Å². The first-order chi connectivity index (χ1) is 14.2. The maximum Gasteiger partial charge on any atom is 0.272 e. The molecule has 1 amide bonds. The highest BCUT2D eigenvalue weighted by Crippen LogP contribution is 2.26. The van der Waals surface area contributed by atoms with Crippen LogP contribution in [0.5, 0.6) is 0 Å². The van der Waals surface area contributed by atoms with Crippen LogP contribution < -0.4 is 0 Å². The van der Waals surface area contributed by atoms with Gasteiger partial charge in [0.1, 0.15) is 11.3 Å². The van der Waals surface area contributed by atoms with Gasteiger partial charge in [-0.05, 0) is 29.8 Å². The number of amides is 1. The number of aromatic amines is 1. The van der Waals surface area contributed by atoms with Gasteiger partial charge in [-0.2, -0.15) is 5.26 Å². The Hall–Kier alpha value is -3.98. The van der Waals surface area contributed by atoms with Gasteiger partial charge in [-0.1, -0.05) is 36.4 Å². The number of carbonyl (C=O) groups is 1. The highest BCUT2D eigenvalue weighted by molar-refractivity contribution is 5.93. The lowest BCUT2D eigenvalue weighted by Gasteiger charge is -2.15. The smallest absolute Gasteiger partial charge is 0.272 e. The second-order valence-electron chi connectivity index (χ2n) is 6.75. The van der Waals surface area contributed by atoms with Gasteiger partial charge >= 0.3 is 0 Å². The number of nitrogens with one attached hydrogen (secondary N) is 1. The summed E-state index contributed by atoms with van der Waals surface area (Å²) in [5.41, 5.74) is 4.77. The molecule has 6 nitrogen and oxygen atoms in total. The van der Waals surface area contributed by atoms with Gasteiger partial charge in [-0.15, -0.1) is 0 Å². The van der Waals surface area contributed by atoms with E-state index in [2.05, 4.69) is 21.0 Å². The van der Waals surface area contributed by atoms with Crippen LogP contribution >= 0.6 is 0 Å². The van der Waals surface area contributed by atoms with Crippen molar-refractivity contribution in [1.82, 2.24) is 19.9 Å². The van der Waals surface area contributed by atoms with E-state index in [1.165, 1.54) is 4.90 Å². The van der Waals surface area contributed by atoms with Crippen LogP contribution in [0.15, 0.2) is 66.9 Å². The quantitative estimate of drug-likeness (QED) is 0.559. The molecule has 0 bridgehead atoms. The minimum Gasteiger partial charge on any atom is -0.339 e. The first-order valence-corrected chi connectivity index (χ1v) is 9.30. The molecule has 0 radical (unpaired) electrons. The van der Waals surface area contributed by atoms with Gasteiger partial charge in [-0.3, -0.25) is 4.79 Å².